The van der Waals surface area contributed by atoms with Crippen LogP contribution in [0.15, 0.2) is 42.5 Å². The van der Waals surface area contributed by atoms with Crippen LogP contribution in [0.5, 0.6) is 5.75 Å². The summed E-state index contributed by atoms with van der Waals surface area (Å²) in [7, 11) is 0. The van der Waals surface area contributed by atoms with Gasteiger partial charge in [-0.15, -0.1) is 0 Å². The molecule has 2 rings (SSSR count). The van der Waals surface area contributed by atoms with E-state index < -0.39 is 5.97 Å². The zero-order valence-corrected chi connectivity index (χ0v) is 16.2. The molecule has 2 aromatic rings. The minimum Gasteiger partial charge on any atom is -0.491 e. The first-order valence-corrected chi connectivity index (χ1v) is 8.94. The molecular weight excluding hydrogens is 364 g/mol. The van der Waals surface area contributed by atoms with E-state index >= 15 is 0 Å². The highest BCUT2D eigenvalue weighted by molar-refractivity contribution is 7.80. The summed E-state index contributed by atoms with van der Waals surface area (Å²) in [4.78, 5) is 23.4. The first-order chi connectivity index (χ1) is 12.8. The van der Waals surface area contributed by atoms with Crippen molar-refractivity contribution in [2.45, 2.75) is 33.3 Å². The number of hydrogen-bond donors (Lipinski definition) is 3. The van der Waals surface area contributed by atoms with Crippen molar-refractivity contribution in [1.82, 2.24) is 5.32 Å². The van der Waals surface area contributed by atoms with E-state index in [-0.39, 0.29) is 22.7 Å². The molecule has 6 nitrogen and oxygen atoms in total. The molecule has 3 N–H and O–H groups in total. The molecule has 142 valence electrons. The second-order valence-corrected chi connectivity index (χ2v) is 6.51. The Morgan fingerprint density at radius 1 is 1.15 bits per heavy atom. The van der Waals surface area contributed by atoms with Gasteiger partial charge >= 0.3 is 5.97 Å². The van der Waals surface area contributed by atoms with E-state index in [4.69, 9.17) is 22.1 Å². The maximum absolute atomic E-state index is 12.3. The fourth-order valence-corrected chi connectivity index (χ4v) is 2.42. The van der Waals surface area contributed by atoms with Gasteiger partial charge in [-0.1, -0.05) is 13.0 Å². The van der Waals surface area contributed by atoms with Crippen molar-refractivity contribution in [1.29, 1.82) is 0 Å². The normalized spacial score (nSPS) is 11.4. The summed E-state index contributed by atoms with van der Waals surface area (Å²) in [6.45, 7) is 5.83. The molecule has 0 aromatic heterocycles. The predicted molar refractivity (Wildman–Crippen MR) is 109 cm³/mol. The lowest BCUT2D eigenvalue weighted by atomic mass is 10.1. The highest BCUT2D eigenvalue weighted by Crippen LogP contribution is 2.17. The van der Waals surface area contributed by atoms with Gasteiger partial charge in [-0.2, -0.15) is 0 Å². The topological polar surface area (TPSA) is 87.7 Å². The van der Waals surface area contributed by atoms with Crippen molar-refractivity contribution in [3.63, 3.8) is 0 Å². The van der Waals surface area contributed by atoms with Crippen LogP contribution in [0.4, 0.5) is 5.69 Å². The Morgan fingerprint density at radius 2 is 1.78 bits per heavy atom. The number of carboxylic acids is 1. The number of carbonyl (C=O) groups excluding carboxylic acids is 1. The average Bonchev–Trinajstić information content (AvgIpc) is 2.63. The van der Waals surface area contributed by atoms with Gasteiger partial charge in [-0.25, -0.2) is 4.79 Å². The van der Waals surface area contributed by atoms with Crippen LogP contribution >= 0.6 is 12.2 Å². The number of amides is 1. The lowest BCUT2D eigenvalue weighted by molar-refractivity contribution is 0.0696. The minimum absolute atomic E-state index is 0.0885. The Kier molecular flexibility index (Phi) is 6.90. The molecule has 7 heteroatoms. The zero-order valence-electron chi connectivity index (χ0n) is 15.4. The van der Waals surface area contributed by atoms with Gasteiger partial charge < -0.3 is 15.2 Å². The van der Waals surface area contributed by atoms with Gasteiger partial charge in [-0.05, 0) is 74.4 Å². The molecule has 0 aliphatic rings. The number of carboxylic acid groups (broad SMARTS) is 1. The minimum atomic E-state index is -1.03. The fourth-order valence-electron chi connectivity index (χ4n) is 2.22. The summed E-state index contributed by atoms with van der Waals surface area (Å²) in [6.07, 6.45) is 0.997. The molecule has 0 aliphatic carbocycles. The van der Waals surface area contributed by atoms with Gasteiger partial charge in [0, 0.05) is 11.3 Å². The second kappa shape index (κ2) is 9.14. The molecular formula is C20H22N2O4S. The molecule has 0 bridgehead atoms. The number of benzene rings is 2. The Morgan fingerprint density at radius 3 is 2.37 bits per heavy atom. The van der Waals surface area contributed by atoms with Crippen molar-refractivity contribution in [2.75, 3.05) is 5.32 Å². The zero-order chi connectivity index (χ0) is 20.0. The smallest absolute Gasteiger partial charge is 0.335 e. The van der Waals surface area contributed by atoms with Crippen molar-refractivity contribution in [3.05, 3.63) is 59.2 Å². The van der Waals surface area contributed by atoms with E-state index in [1.54, 1.807) is 30.3 Å². The summed E-state index contributed by atoms with van der Waals surface area (Å²) in [5.74, 6) is -0.704. The molecule has 27 heavy (non-hydrogen) atoms. The summed E-state index contributed by atoms with van der Waals surface area (Å²) >= 11 is 5.16. The third kappa shape index (κ3) is 5.79. The maximum Gasteiger partial charge on any atom is 0.335 e. The van der Waals surface area contributed by atoms with Gasteiger partial charge in [0.25, 0.3) is 5.91 Å². The van der Waals surface area contributed by atoms with E-state index in [0.717, 1.165) is 12.0 Å². The number of ether oxygens (including phenoxy) is 1. The van der Waals surface area contributed by atoms with Crippen molar-refractivity contribution in [3.8, 4) is 5.75 Å². The van der Waals surface area contributed by atoms with Gasteiger partial charge in [0.05, 0.1) is 11.7 Å². The van der Waals surface area contributed by atoms with Crippen LogP contribution < -0.4 is 15.4 Å². The molecule has 2 aromatic carbocycles. The van der Waals surface area contributed by atoms with Crippen LogP contribution in [0.2, 0.25) is 0 Å². The van der Waals surface area contributed by atoms with E-state index in [1.165, 1.54) is 12.1 Å². The largest absolute Gasteiger partial charge is 0.491 e. The Balaban J connectivity index is 2.00. The fraction of sp³-hybridized carbons (Fsp3) is 0.250. The van der Waals surface area contributed by atoms with E-state index in [1.807, 2.05) is 20.8 Å². The van der Waals surface area contributed by atoms with Crippen LogP contribution in [0.3, 0.4) is 0 Å². The van der Waals surface area contributed by atoms with Gasteiger partial charge in [0.15, 0.2) is 5.11 Å². The van der Waals surface area contributed by atoms with Crippen LogP contribution in [-0.4, -0.2) is 28.2 Å². The van der Waals surface area contributed by atoms with Crippen LogP contribution in [0, 0.1) is 6.92 Å². The molecule has 1 amide bonds. The molecule has 0 fully saturated rings. The molecule has 0 saturated heterocycles. The summed E-state index contributed by atoms with van der Waals surface area (Å²) in [6, 6.07) is 11.4. The van der Waals surface area contributed by atoms with Crippen LogP contribution in [-0.2, 0) is 0 Å². The SMILES string of the molecule is CCC(C)Oc1ccc(C(=O)NC(=S)Nc2cc(C(=O)O)ccc2C)cc1. The highest BCUT2D eigenvalue weighted by Gasteiger charge is 2.11. The molecule has 0 radical (unpaired) electrons. The quantitative estimate of drug-likeness (QED) is 0.651. The second-order valence-electron chi connectivity index (χ2n) is 6.10. The van der Waals surface area contributed by atoms with Gasteiger partial charge in [0.2, 0.25) is 0 Å². The first kappa shape index (κ1) is 20.4. The number of thiocarbonyl (C=S) groups is 1. The monoisotopic (exact) mass is 386 g/mol. The van der Waals surface area contributed by atoms with Crippen LogP contribution in [0.25, 0.3) is 0 Å². The molecule has 0 heterocycles. The number of anilines is 1. The van der Waals surface area contributed by atoms with Crippen LogP contribution in [0.1, 0.15) is 46.5 Å². The average molecular weight is 386 g/mol. The first-order valence-electron chi connectivity index (χ1n) is 8.53. The Labute approximate surface area is 163 Å². The van der Waals surface area contributed by atoms with E-state index in [2.05, 4.69) is 10.6 Å². The standard InChI is InChI=1S/C20H22N2O4S/c1-4-13(3)26-16-9-7-14(8-10-16)18(23)22-20(27)21-17-11-15(19(24)25)6-5-12(17)2/h5-11,13H,4H2,1-3H3,(H,24,25)(H2,21,22,23,27). The molecule has 0 spiro atoms. The highest BCUT2D eigenvalue weighted by atomic mass is 32.1. The van der Waals surface area contributed by atoms with Crippen molar-refractivity contribution < 1.29 is 19.4 Å². The number of rotatable bonds is 6. The Hall–Kier alpha value is -2.93. The lowest BCUT2D eigenvalue weighted by Gasteiger charge is -2.14. The molecule has 1 unspecified atom stereocenters. The van der Waals surface area contributed by atoms with Gasteiger partial charge in [0.1, 0.15) is 5.75 Å². The maximum atomic E-state index is 12.3. The summed E-state index contributed by atoms with van der Waals surface area (Å²) < 4.78 is 5.68. The number of aromatic carboxylic acids is 1. The Bertz CT molecular complexity index is 850. The van der Waals surface area contributed by atoms with E-state index in [0.29, 0.717) is 17.0 Å². The number of aryl methyl sites for hydroxylation is 1. The predicted octanol–water partition coefficient (Wildman–Crippen LogP) is 4.00. The summed E-state index contributed by atoms with van der Waals surface area (Å²) in [5.41, 5.74) is 1.90. The molecule has 0 aliphatic heterocycles. The third-order valence-corrected chi connectivity index (χ3v) is 4.19. The molecule has 1 atom stereocenters. The molecule has 0 saturated carbocycles. The summed E-state index contributed by atoms with van der Waals surface area (Å²) in [5, 5.41) is 14.6. The van der Waals surface area contributed by atoms with Crippen molar-refractivity contribution in [2.24, 2.45) is 0 Å². The number of carbonyl (C=O) groups is 2. The third-order valence-electron chi connectivity index (χ3n) is 3.99. The van der Waals surface area contributed by atoms with Gasteiger partial charge in [-0.3, -0.25) is 10.1 Å². The number of nitrogens with one attached hydrogen (secondary N) is 2. The van der Waals surface area contributed by atoms with Crippen molar-refractivity contribution >= 4 is 34.9 Å². The van der Waals surface area contributed by atoms with E-state index in [9.17, 15) is 9.59 Å². The number of hydrogen-bond acceptors (Lipinski definition) is 4. The lowest BCUT2D eigenvalue weighted by Crippen LogP contribution is -2.34.